The zero-order valence-corrected chi connectivity index (χ0v) is 18.4. The number of nitrogens with one attached hydrogen (secondary N) is 2. The number of carbonyl (C=O) groups is 2. The number of ether oxygens (including phenoxy) is 1. The summed E-state index contributed by atoms with van der Waals surface area (Å²) in [7, 11) is 0. The molecule has 0 atom stereocenters. The van der Waals surface area contributed by atoms with E-state index < -0.39 is 0 Å². The van der Waals surface area contributed by atoms with Gasteiger partial charge in [0.1, 0.15) is 5.75 Å². The summed E-state index contributed by atoms with van der Waals surface area (Å²) >= 11 is 3.40. The van der Waals surface area contributed by atoms with Crippen LogP contribution < -0.4 is 15.4 Å². The Hall–Kier alpha value is -2.34. The Balaban J connectivity index is 1.65. The van der Waals surface area contributed by atoms with Crippen molar-refractivity contribution in [3.8, 4) is 5.75 Å². The zero-order valence-electron chi connectivity index (χ0n) is 16.8. The van der Waals surface area contributed by atoms with Gasteiger partial charge in [0.15, 0.2) is 0 Å². The van der Waals surface area contributed by atoms with Crippen LogP contribution in [0.3, 0.4) is 0 Å². The molecule has 0 spiro atoms. The van der Waals surface area contributed by atoms with E-state index in [-0.39, 0.29) is 24.0 Å². The number of hydrogen-bond donors (Lipinski definition) is 2. The first kappa shape index (κ1) is 21.4. The Labute approximate surface area is 180 Å². The molecule has 2 aromatic rings. The lowest BCUT2D eigenvalue weighted by molar-refractivity contribution is 0.0927. The molecule has 1 aliphatic carbocycles. The summed E-state index contributed by atoms with van der Waals surface area (Å²) in [6.45, 7) is 3.83. The number of carbonyl (C=O) groups excluding carboxylic acids is 2. The molecule has 0 unspecified atom stereocenters. The van der Waals surface area contributed by atoms with Crippen LogP contribution in [0.15, 0.2) is 46.9 Å². The summed E-state index contributed by atoms with van der Waals surface area (Å²) in [5.41, 5.74) is 1.67. The minimum absolute atomic E-state index is 0.0373. The highest BCUT2D eigenvalue weighted by Crippen LogP contribution is 2.25. The van der Waals surface area contributed by atoms with E-state index in [0.717, 1.165) is 17.3 Å². The first-order valence-electron chi connectivity index (χ1n) is 10.1. The molecule has 1 aliphatic rings. The molecule has 0 heterocycles. The van der Waals surface area contributed by atoms with Gasteiger partial charge in [0.05, 0.1) is 11.7 Å². The largest absolute Gasteiger partial charge is 0.490 e. The zero-order chi connectivity index (χ0) is 20.8. The van der Waals surface area contributed by atoms with Crippen molar-refractivity contribution >= 4 is 33.4 Å². The van der Waals surface area contributed by atoms with Gasteiger partial charge in [0, 0.05) is 21.8 Å². The Morgan fingerprint density at radius 1 is 1.00 bits per heavy atom. The number of halogens is 1. The predicted molar refractivity (Wildman–Crippen MR) is 119 cm³/mol. The van der Waals surface area contributed by atoms with Crippen molar-refractivity contribution in [3.63, 3.8) is 0 Å². The van der Waals surface area contributed by atoms with Gasteiger partial charge in [0.2, 0.25) is 0 Å². The summed E-state index contributed by atoms with van der Waals surface area (Å²) < 4.78 is 6.55. The first-order valence-corrected chi connectivity index (χ1v) is 10.9. The molecule has 6 heteroatoms. The molecule has 29 heavy (non-hydrogen) atoms. The van der Waals surface area contributed by atoms with E-state index in [9.17, 15) is 9.59 Å². The van der Waals surface area contributed by atoms with E-state index in [2.05, 4.69) is 26.6 Å². The van der Waals surface area contributed by atoms with Crippen LogP contribution in [0, 0.1) is 0 Å². The molecule has 154 valence electrons. The average Bonchev–Trinajstić information content (AvgIpc) is 2.70. The minimum Gasteiger partial charge on any atom is -0.490 e. The summed E-state index contributed by atoms with van der Waals surface area (Å²) in [5, 5.41) is 5.98. The van der Waals surface area contributed by atoms with Gasteiger partial charge in [-0.25, -0.2) is 0 Å². The highest BCUT2D eigenvalue weighted by atomic mass is 79.9. The Kier molecular flexibility index (Phi) is 7.31. The highest BCUT2D eigenvalue weighted by molar-refractivity contribution is 9.10. The third-order valence-corrected chi connectivity index (χ3v) is 5.39. The third kappa shape index (κ3) is 6.07. The van der Waals surface area contributed by atoms with Gasteiger partial charge in [-0.1, -0.05) is 35.2 Å². The van der Waals surface area contributed by atoms with Crippen molar-refractivity contribution in [3.05, 3.63) is 58.1 Å². The first-order chi connectivity index (χ1) is 13.9. The molecule has 0 saturated heterocycles. The smallest absolute Gasteiger partial charge is 0.259 e. The quantitative estimate of drug-likeness (QED) is 0.595. The second kappa shape index (κ2) is 9.92. The summed E-state index contributed by atoms with van der Waals surface area (Å²) in [4.78, 5) is 25.2. The molecule has 1 fully saturated rings. The fourth-order valence-electron chi connectivity index (χ4n) is 3.46. The van der Waals surface area contributed by atoms with Gasteiger partial charge >= 0.3 is 0 Å². The van der Waals surface area contributed by atoms with Gasteiger partial charge in [-0.2, -0.15) is 0 Å². The highest BCUT2D eigenvalue weighted by Gasteiger charge is 2.17. The van der Waals surface area contributed by atoms with Crippen LogP contribution in [0.1, 0.15) is 66.7 Å². The van der Waals surface area contributed by atoms with Crippen molar-refractivity contribution in [1.29, 1.82) is 0 Å². The van der Waals surface area contributed by atoms with E-state index in [1.54, 1.807) is 36.4 Å². The van der Waals surface area contributed by atoms with Crippen LogP contribution in [0.4, 0.5) is 5.69 Å². The predicted octanol–water partition coefficient (Wildman–Crippen LogP) is 5.55. The van der Waals surface area contributed by atoms with Crippen LogP contribution in [-0.4, -0.2) is 24.0 Å². The van der Waals surface area contributed by atoms with E-state index in [4.69, 9.17) is 4.74 Å². The third-order valence-electron chi connectivity index (χ3n) is 4.89. The van der Waals surface area contributed by atoms with Crippen molar-refractivity contribution in [1.82, 2.24) is 5.32 Å². The van der Waals surface area contributed by atoms with Crippen LogP contribution in [0.25, 0.3) is 0 Å². The maximum atomic E-state index is 12.8. The van der Waals surface area contributed by atoms with Gasteiger partial charge < -0.3 is 15.4 Å². The molecule has 2 amide bonds. The molecule has 2 aromatic carbocycles. The SMILES string of the molecule is CC(C)Oc1ccc(Br)cc1C(=O)Nc1ccc(C(=O)NC2CCCCC2)cc1. The maximum absolute atomic E-state index is 12.8. The molecule has 0 aliphatic heterocycles. The summed E-state index contributed by atoms with van der Waals surface area (Å²) in [6, 6.07) is 12.6. The van der Waals surface area contributed by atoms with Crippen LogP contribution in [-0.2, 0) is 0 Å². The normalized spacial score (nSPS) is 14.5. The van der Waals surface area contributed by atoms with Crippen molar-refractivity contribution in [2.45, 2.75) is 58.1 Å². The topological polar surface area (TPSA) is 67.4 Å². The Morgan fingerprint density at radius 3 is 2.34 bits per heavy atom. The number of amides is 2. The van der Waals surface area contributed by atoms with Crippen LogP contribution in [0.2, 0.25) is 0 Å². The lowest BCUT2D eigenvalue weighted by atomic mass is 9.95. The number of anilines is 1. The molecule has 3 rings (SSSR count). The van der Waals surface area contributed by atoms with E-state index in [0.29, 0.717) is 22.6 Å². The molecule has 2 N–H and O–H groups in total. The van der Waals surface area contributed by atoms with Crippen molar-refractivity contribution in [2.24, 2.45) is 0 Å². The number of rotatable bonds is 6. The maximum Gasteiger partial charge on any atom is 0.259 e. The van der Waals surface area contributed by atoms with E-state index >= 15 is 0 Å². The van der Waals surface area contributed by atoms with Gasteiger partial charge in [-0.15, -0.1) is 0 Å². The summed E-state index contributed by atoms with van der Waals surface area (Å²) in [5.74, 6) is 0.208. The minimum atomic E-state index is -0.263. The Bertz CT molecular complexity index is 859. The van der Waals surface area contributed by atoms with Gasteiger partial charge in [-0.05, 0) is 69.2 Å². The molecular weight excluding hydrogens is 432 g/mol. The van der Waals surface area contributed by atoms with Crippen molar-refractivity contribution < 1.29 is 14.3 Å². The number of benzene rings is 2. The fraction of sp³-hybridized carbons (Fsp3) is 0.391. The van der Waals surface area contributed by atoms with Crippen molar-refractivity contribution in [2.75, 3.05) is 5.32 Å². The standard InChI is InChI=1S/C23H27BrN2O3/c1-15(2)29-21-13-10-17(24)14-20(21)23(28)26-19-11-8-16(9-12-19)22(27)25-18-6-4-3-5-7-18/h8-15,18H,3-7H2,1-2H3,(H,25,27)(H,26,28). The second-order valence-electron chi connectivity index (χ2n) is 7.65. The van der Waals surface area contributed by atoms with Gasteiger partial charge in [-0.3, -0.25) is 9.59 Å². The van der Waals surface area contributed by atoms with Gasteiger partial charge in [0.25, 0.3) is 11.8 Å². The lowest BCUT2D eigenvalue weighted by Gasteiger charge is -2.22. The molecule has 0 bridgehead atoms. The van der Waals surface area contributed by atoms with Crippen LogP contribution >= 0.6 is 15.9 Å². The molecule has 5 nitrogen and oxygen atoms in total. The van der Waals surface area contributed by atoms with Crippen LogP contribution in [0.5, 0.6) is 5.75 Å². The monoisotopic (exact) mass is 458 g/mol. The molecule has 0 aromatic heterocycles. The average molecular weight is 459 g/mol. The lowest BCUT2D eigenvalue weighted by Crippen LogP contribution is -2.36. The van der Waals surface area contributed by atoms with E-state index in [1.807, 2.05) is 19.9 Å². The summed E-state index contributed by atoms with van der Waals surface area (Å²) in [6.07, 6.45) is 5.66. The molecular formula is C23H27BrN2O3. The molecule has 0 radical (unpaired) electrons. The Morgan fingerprint density at radius 2 is 1.69 bits per heavy atom. The second-order valence-corrected chi connectivity index (χ2v) is 8.56. The fourth-order valence-corrected chi connectivity index (χ4v) is 3.82. The number of hydrogen-bond acceptors (Lipinski definition) is 3. The molecule has 1 saturated carbocycles. The van der Waals surface area contributed by atoms with E-state index in [1.165, 1.54) is 19.3 Å².